The number of likely N-dealkylation sites (tertiary alicyclic amines) is 2. The fraction of sp³-hybridized carbons (Fsp3) is 0.556. The third kappa shape index (κ3) is 5.09. The predicted octanol–water partition coefficient (Wildman–Crippen LogP) is 4.71. The number of hydrogen-bond donors (Lipinski definition) is 3. The molecule has 1 aromatic carbocycles. The van der Waals surface area contributed by atoms with Crippen LogP contribution in [-0.2, 0) is 12.6 Å². The van der Waals surface area contributed by atoms with Crippen LogP contribution in [0.5, 0.6) is 0 Å². The van der Waals surface area contributed by atoms with Crippen LogP contribution in [0.15, 0.2) is 36.9 Å². The Bertz CT molecular complexity index is 1250. The quantitative estimate of drug-likeness (QED) is 0.331. The minimum atomic E-state index is -4.79. The summed E-state index contributed by atoms with van der Waals surface area (Å²) in [5.41, 5.74) is 6.21. The van der Waals surface area contributed by atoms with Crippen molar-refractivity contribution >= 4 is 11.6 Å². The highest BCUT2D eigenvalue weighted by Gasteiger charge is 2.57. The van der Waals surface area contributed by atoms with Gasteiger partial charge in [-0.15, -0.1) is 0 Å². The maximum absolute atomic E-state index is 14.0. The molecule has 0 radical (unpaired) electrons. The standard InChI is InChI=1S/C27H34F6N7/c1-2-20-23(34)35-17-36-24(20)40(26(37-9-10-38-26)8-12-39-11-7-25(29,30)16-39)13-5-18(6-14-40)19-3-4-22(28)21(15-19)27(31,32)33/h3-4,9-10,15,17-18,37-38H,2,5-8,11-14,16H2,1H3,(H2,34,35,36)/q+1. The number of benzene rings is 1. The molecule has 0 bridgehead atoms. The van der Waals surface area contributed by atoms with Gasteiger partial charge in [-0.2, -0.15) is 18.2 Å². The molecule has 13 heteroatoms. The lowest BCUT2D eigenvalue weighted by Gasteiger charge is -2.53. The molecule has 0 amide bonds. The number of halogens is 6. The smallest absolute Gasteiger partial charge is 0.383 e. The van der Waals surface area contributed by atoms with E-state index < -0.39 is 29.3 Å². The molecule has 7 nitrogen and oxygen atoms in total. The Labute approximate surface area is 229 Å². The van der Waals surface area contributed by atoms with E-state index in [4.69, 9.17) is 10.7 Å². The van der Waals surface area contributed by atoms with Gasteiger partial charge in [0.25, 0.3) is 11.7 Å². The average molecular weight is 571 g/mol. The molecule has 3 aliphatic rings. The van der Waals surface area contributed by atoms with Crippen LogP contribution < -0.4 is 20.9 Å². The van der Waals surface area contributed by atoms with Crippen molar-refractivity contribution < 1.29 is 26.3 Å². The number of piperidine rings is 1. The number of nitrogens with two attached hydrogens (primary N) is 1. The van der Waals surface area contributed by atoms with Crippen LogP contribution in [0.4, 0.5) is 38.0 Å². The summed E-state index contributed by atoms with van der Waals surface area (Å²) in [6.45, 7) is 3.27. The lowest BCUT2D eigenvalue weighted by molar-refractivity contribution is -0.140. The third-order valence-electron chi connectivity index (χ3n) is 8.70. The number of rotatable bonds is 7. The minimum absolute atomic E-state index is 0.180. The van der Waals surface area contributed by atoms with Crippen molar-refractivity contribution in [1.29, 1.82) is 0 Å². The molecule has 2 saturated heterocycles. The molecule has 5 rings (SSSR count). The Morgan fingerprint density at radius 1 is 1.12 bits per heavy atom. The zero-order chi connectivity index (χ0) is 28.8. The molecule has 2 aromatic rings. The second-order valence-corrected chi connectivity index (χ2v) is 11.0. The van der Waals surface area contributed by atoms with Crippen LogP contribution in [0, 0.1) is 5.82 Å². The maximum Gasteiger partial charge on any atom is 0.419 e. The highest BCUT2D eigenvalue weighted by Crippen LogP contribution is 2.44. The Hall–Kier alpha value is -3.06. The molecule has 4 heterocycles. The van der Waals surface area contributed by atoms with Gasteiger partial charge in [-0.25, -0.2) is 22.6 Å². The van der Waals surface area contributed by atoms with Crippen molar-refractivity contribution in [3.63, 3.8) is 0 Å². The van der Waals surface area contributed by atoms with Gasteiger partial charge < -0.3 is 16.4 Å². The van der Waals surface area contributed by atoms with E-state index in [0.717, 1.165) is 17.7 Å². The van der Waals surface area contributed by atoms with Crippen molar-refractivity contribution in [2.75, 3.05) is 38.5 Å². The van der Waals surface area contributed by atoms with Crippen molar-refractivity contribution in [2.24, 2.45) is 0 Å². The highest BCUT2D eigenvalue weighted by atomic mass is 19.4. The van der Waals surface area contributed by atoms with E-state index in [1.807, 2.05) is 6.92 Å². The molecule has 40 heavy (non-hydrogen) atoms. The molecular formula is C27H34F6N7+. The number of nitrogens with zero attached hydrogens (tertiary/aromatic N) is 4. The van der Waals surface area contributed by atoms with Crippen LogP contribution in [0.25, 0.3) is 0 Å². The first kappa shape index (κ1) is 28.5. The molecule has 0 spiro atoms. The first-order chi connectivity index (χ1) is 18.9. The molecule has 0 saturated carbocycles. The van der Waals surface area contributed by atoms with E-state index in [-0.39, 0.29) is 23.4 Å². The Morgan fingerprint density at radius 3 is 2.42 bits per heavy atom. The summed E-state index contributed by atoms with van der Waals surface area (Å²) in [5, 5.41) is 6.91. The summed E-state index contributed by atoms with van der Waals surface area (Å²) in [6.07, 6.45) is 1.97. The normalized spacial score (nSPS) is 26.0. The number of nitrogen functional groups attached to an aromatic ring is 1. The lowest BCUT2D eigenvalue weighted by atomic mass is 9.85. The summed E-state index contributed by atoms with van der Waals surface area (Å²) in [4.78, 5) is 10.6. The van der Waals surface area contributed by atoms with E-state index in [1.54, 1.807) is 17.3 Å². The number of alkyl halides is 5. The largest absolute Gasteiger partial charge is 0.419 e. The summed E-state index contributed by atoms with van der Waals surface area (Å²) < 4.78 is 82.4. The van der Waals surface area contributed by atoms with Crippen LogP contribution in [0.2, 0.25) is 0 Å². The summed E-state index contributed by atoms with van der Waals surface area (Å²) in [7, 11) is 0. The van der Waals surface area contributed by atoms with Gasteiger partial charge in [0.05, 0.1) is 37.2 Å². The fourth-order valence-electron chi connectivity index (χ4n) is 6.58. The molecule has 0 aliphatic carbocycles. The number of aromatic nitrogens is 2. The Morgan fingerprint density at radius 2 is 1.82 bits per heavy atom. The van der Waals surface area contributed by atoms with Gasteiger partial charge in [-0.1, -0.05) is 13.0 Å². The fourth-order valence-corrected chi connectivity index (χ4v) is 6.58. The summed E-state index contributed by atoms with van der Waals surface area (Å²) in [6, 6.07) is 3.22. The van der Waals surface area contributed by atoms with E-state index in [2.05, 4.69) is 15.6 Å². The van der Waals surface area contributed by atoms with E-state index in [9.17, 15) is 26.3 Å². The predicted molar refractivity (Wildman–Crippen MR) is 139 cm³/mol. The monoisotopic (exact) mass is 570 g/mol. The number of hydrogen-bond acceptors (Lipinski definition) is 6. The minimum Gasteiger partial charge on any atom is -0.383 e. The molecular weight excluding hydrogens is 536 g/mol. The van der Waals surface area contributed by atoms with Crippen LogP contribution in [0.3, 0.4) is 0 Å². The summed E-state index contributed by atoms with van der Waals surface area (Å²) >= 11 is 0. The molecule has 0 atom stereocenters. The second kappa shape index (κ2) is 10.4. The SMILES string of the molecule is CCc1c(N)ncnc1[N+]1(C2(CCN3CCC(F)(F)C3)NC=CN2)CCC(c2ccc(F)c(C(F)(F)F)c2)CC1. The first-order valence-electron chi connectivity index (χ1n) is 13.5. The summed E-state index contributed by atoms with van der Waals surface area (Å²) in [5.74, 6) is -4.06. The maximum atomic E-state index is 14.0. The second-order valence-electron chi connectivity index (χ2n) is 11.0. The van der Waals surface area contributed by atoms with Crippen LogP contribution >= 0.6 is 0 Å². The van der Waals surface area contributed by atoms with Gasteiger partial charge >= 0.3 is 6.18 Å². The number of anilines is 1. The van der Waals surface area contributed by atoms with Gasteiger partial charge in [-0.3, -0.25) is 4.90 Å². The lowest BCUT2D eigenvalue weighted by Crippen LogP contribution is -2.77. The van der Waals surface area contributed by atoms with Crippen molar-refractivity contribution in [3.05, 3.63) is 59.4 Å². The molecule has 0 unspecified atom stereocenters. The Balaban J connectivity index is 1.50. The van der Waals surface area contributed by atoms with Gasteiger partial charge in [0.15, 0.2) is 0 Å². The van der Waals surface area contributed by atoms with Crippen LogP contribution in [-0.4, -0.2) is 59.3 Å². The van der Waals surface area contributed by atoms with Crippen LogP contribution in [0.1, 0.15) is 55.2 Å². The molecule has 2 fully saturated rings. The number of quaternary nitrogens is 1. The first-order valence-corrected chi connectivity index (χ1v) is 13.5. The Kier molecular flexibility index (Phi) is 7.40. The van der Waals surface area contributed by atoms with E-state index in [1.165, 1.54) is 12.4 Å². The topological polar surface area (TPSA) is 79.1 Å². The van der Waals surface area contributed by atoms with Crippen molar-refractivity contribution in [1.82, 2.24) is 30.0 Å². The zero-order valence-electron chi connectivity index (χ0n) is 22.2. The van der Waals surface area contributed by atoms with E-state index in [0.29, 0.717) is 69.1 Å². The zero-order valence-corrected chi connectivity index (χ0v) is 22.2. The van der Waals surface area contributed by atoms with Gasteiger partial charge in [0.2, 0.25) is 5.82 Å². The van der Waals surface area contributed by atoms with Crippen molar-refractivity contribution in [2.45, 2.75) is 62.8 Å². The molecule has 3 aliphatic heterocycles. The average Bonchev–Trinajstić information content (AvgIpc) is 3.54. The van der Waals surface area contributed by atoms with E-state index >= 15 is 0 Å². The van der Waals surface area contributed by atoms with Gasteiger partial charge in [0, 0.05) is 44.8 Å². The molecule has 1 aromatic heterocycles. The van der Waals surface area contributed by atoms with Crippen molar-refractivity contribution in [3.8, 4) is 0 Å². The number of nitrogens with one attached hydrogen (secondary N) is 2. The third-order valence-corrected chi connectivity index (χ3v) is 8.70. The van der Waals surface area contributed by atoms with Gasteiger partial charge in [0.1, 0.15) is 18.0 Å². The molecule has 4 N–H and O–H groups in total. The molecule has 218 valence electrons. The van der Waals surface area contributed by atoms with Gasteiger partial charge in [-0.05, 0) is 30.0 Å². The highest BCUT2D eigenvalue weighted by molar-refractivity contribution is 5.56.